The first-order chi connectivity index (χ1) is 7.65. The van der Waals surface area contributed by atoms with E-state index in [0.717, 1.165) is 45.4 Å². The predicted octanol–water partition coefficient (Wildman–Crippen LogP) is 0.999. The summed E-state index contributed by atoms with van der Waals surface area (Å²) in [4.78, 5) is 13.7. The van der Waals surface area contributed by atoms with Crippen LogP contribution in [0.4, 0.5) is 0 Å². The fourth-order valence-corrected chi connectivity index (χ4v) is 2.12. The number of rotatable bonds is 5. The molecule has 1 fully saturated rings. The highest BCUT2D eigenvalue weighted by molar-refractivity contribution is 5.81. The number of nitrogens with two attached hydrogens (primary N) is 1. The zero-order chi connectivity index (χ0) is 12.0. The molecule has 0 radical (unpaired) electrons. The highest BCUT2D eigenvalue weighted by atomic mass is 16.5. The van der Waals surface area contributed by atoms with Gasteiger partial charge in [0.1, 0.15) is 0 Å². The lowest BCUT2D eigenvalue weighted by atomic mass is 9.99. The van der Waals surface area contributed by atoms with Crippen LogP contribution in [0.2, 0.25) is 0 Å². The topological polar surface area (TPSA) is 55.6 Å². The van der Waals surface area contributed by atoms with Crippen molar-refractivity contribution in [2.45, 2.75) is 38.6 Å². The quantitative estimate of drug-likeness (QED) is 0.763. The van der Waals surface area contributed by atoms with E-state index in [1.807, 2.05) is 14.0 Å². The molecule has 4 nitrogen and oxygen atoms in total. The molecule has 0 saturated carbocycles. The first-order valence-electron chi connectivity index (χ1n) is 6.23. The summed E-state index contributed by atoms with van der Waals surface area (Å²) >= 11 is 0. The lowest BCUT2D eigenvalue weighted by Gasteiger charge is -2.28. The third-order valence-corrected chi connectivity index (χ3v) is 3.17. The Hall–Kier alpha value is -0.610. The van der Waals surface area contributed by atoms with Gasteiger partial charge >= 0.3 is 0 Å². The molecule has 0 unspecified atom stereocenters. The Morgan fingerprint density at radius 3 is 2.69 bits per heavy atom. The van der Waals surface area contributed by atoms with Crippen molar-refractivity contribution in [3.05, 3.63) is 0 Å². The summed E-state index contributed by atoms with van der Waals surface area (Å²) in [7, 11) is 1.85. The fraction of sp³-hybridized carbons (Fsp3) is 0.917. The molecule has 2 N–H and O–H groups in total. The smallest absolute Gasteiger partial charge is 0.239 e. The molecule has 0 aromatic heterocycles. The van der Waals surface area contributed by atoms with Crippen LogP contribution in [0.25, 0.3) is 0 Å². The molecule has 0 aromatic rings. The minimum atomic E-state index is -0.324. The average Bonchev–Trinajstić information content (AvgIpc) is 2.29. The minimum absolute atomic E-state index is 0.0772. The Kier molecular flexibility index (Phi) is 5.77. The van der Waals surface area contributed by atoms with Crippen molar-refractivity contribution in [3.63, 3.8) is 0 Å². The van der Waals surface area contributed by atoms with Crippen LogP contribution in [0, 0.1) is 5.92 Å². The summed E-state index contributed by atoms with van der Waals surface area (Å²) < 4.78 is 5.30. The number of amides is 1. The monoisotopic (exact) mass is 228 g/mol. The molecule has 1 heterocycles. The number of carbonyl (C=O) groups excluding carboxylic acids is 1. The van der Waals surface area contributed by atoms with Crippen LogP contribution >= 0.6 is 0 Å². The second-order valence-corrected chi connectivity index (χ2v) is 4.67. The summed E-state index contributed by atoms with van der Waals surface area (Å²) in [6, 6.07) is -0.324. The van der Waals surface area contributed by atoms with Gasteiger partial charge in [-0.2, -0.15) is 0 Å². The van der Waals surface area contributed by atoms with Crippen LogP contribution in [0.1, 0.15) is 32.6 Å². The van der Waals surface area contributed by atoms with Crippen molar-refractivity contribution >= 4 is 5.91 Å². The van der Waals surface area contributed by atoms with E-state index in [1.165, 1.54) is 0 Å². The first kappa shape index (κ1) is 13.5. The van der Waals surface area contributed by atoms with Gasteiger partial charge in [0.05, 0.1) is 6.04 Å². The normalized spacial score (nSPS) is 19.4. The van der Waals surface area contributed by atoms with Gasteiger partial charge in [-0.15, -0.1) is 0 Å². The number of nitrogens with zero attached hydrogens (tertiary/aromatic N) is 1. The van der Waals surface area contributed by atoms with Crippen LogP contribution in [0.5, 0.6) is 0 Å². The third-order valence-electron chi connectivity index (χ3n) is 3.17. The summed E-state index contributed by atoms with van der Waals surface area (Å²) in [6.45, 7) is 4.52. The number of hydrogen-bond donors (Lipinski definition) is 1. The lowest BCUT2D eigenvalue weighted by molar-refractivity contribution is -0.132. The van der Waals surface area contributed by atoms with E-state index in [-0.39, 0.29) is 11.9 Å². The van der Waals surface area contributed by atoms with Gasteiger partial charge < -0.3 is 15.4 Å². The van der Waals surface area contributed by atoms with Gasteiger partial charge in [-0.05, 0) is 25.2 Å². The lowest BCUT2D eigenvalue weighted by Crippen LogP contribution is -2.44. The number of ether oxygens (including phenoxy) is 1. The van der Waals surface area contributed by atoms with Crippen LogP contribution in [-0.4, -0.2) is 43.7 Å². The molecule has 1 saturated heterocycles. The largest absolute Gasteiger partial charge is 0.381 e. The van der Waals surface area contributed by atoms with Gasteiger partial charge in [-0.3, -0.25) is 4.79 Å². The van der Waals surface area contributed by atoms with Gasteiger partial charge in [0.25, 0.3) is 0 Å². The summed E-state index contributed by atoms with van der Waals surface area (Å²) in [6.07, 6.45) is 3.84. The molecule has 0 aliphatic carbocycles. The average molecular weight is 228 g/mol. The van der Waals surface area contributed by atoms with E-state index < -0.39 is 0 Å². The second kappa shape index (κ2) is 6.86. The molecule has 0 aromatic carbocycles. The molecule has 4 heteroatoms. The molecule has 1 aliphatic rings. The SMILES string of the molecule is CCC[C@@H](N)C(=O)N(C)CC1CCOCC1. The molecule has 1 aliphatic heterocycles. The predicted molar refractivity (Wildman–Crippen MR) is 64.1 cm³/mol. The Bertz CT molecular complexity index is 215. The highest BCUT2D eigenvalue weighted by Gasteiger charge is 2.21. The molecule has 1 atom stereocenters. The number of hydrogen-bond acceptors (Lipinski definition) is 3. The van der Waals surface area contributed by atoms with E-state index in [2.05, 4.69) is 0 Å². The van der Waals surface area contributed by atoms with Crippen molar-refractivity contribution in [1.82, 2.24) is 4.90 Å². The van der Waals surface area contributed by atoms with Crippen LogP contribution in [0.3, 0.4) is 0 Å². The Balaban J connectivity index is 2.32. The van der Waals surface area contributed by atoms with Crippen LogP contribution < -0.4 is 5.73 Å². The second-order valence-electron chi connectivity index (χ2n) is 4.67. The molecule has 94 valence electrons. The maximum Gasteiger partial charge on any atom is 0.239 e. The zero-order valence-electron chi connectivity index (χ0n) is 10.4. The summed E-state index contributed by atoms with van der Waals surface area (Å²) in [5.41, 5.74) is 5.82. The van der Waals surface area contributed by atoms with E-state index >= 15 is 0 Å². The van der Waals surface area contributed by atoms with Gasteiger partial charge in [0, 0.05) is 26.8 Å². The fourth-order valence-electron chi connectivity index (χ4n) is 2.12. The van der Waals surface area contributed by atoms with Crippen molar-refractivity contribution in [2.24, 2.45) is 11.7 Å². The van der Waals surface area contributed by atoms with E-state index in [4.69, 9.17) is 10.5 Å². The van der Waals surface area contributed by atoms with Crippen molar-refractivity contribution < 1.29 is 9.53 Å². The van der Waals surface area contributed by atoms with Crippen molar-refractivity contribution in [3.8, 4) is 0 Å². The minimum Gasteiger partial charge on any atom is -0.381 e. The molecular formula is C12H24N2O2. The Morgan fingerprint density at radius 1 is 1.50 bits per heavy atom. The van der Waals surface area contributed by atoms with Gasteiger partial charge in [-0.25, -0.2) is 0 Å². The maximum absolute atomic E-state index is 11.9. The Morgan fingerprint density at radius 2 is 2.12 bits per heavy atom. The van der Waals surface area contributed by atoms with Crippen LogP contribution in [-0.2, 0) is 9.53 Å². The first-order valence-corrected chi connectivity index (χ1v) is 6.23. The maximum atomic E-state index is 11.9. The van der Waals surface area contributed by atoms with Crippen LogP contribution in [0.15, 0.2) is 0 Å². The third kappa shape index (κ3) is 4.10. The Labute approximate surface area is 98.1 Å². The van der Waals surface area contributed by atoms with Gasteiger partial charge in [0.15, 0.2) is 0 Å². The van der Waals surface area contributed by atoms with Gasteiger partial charge in [-0.1, -0.05) is 13.3 Å². The molecule has 0 bridgehead atoms. The summed E-state index contributed by atoms with van der Waals surface area (Å²) in [5, 5.41) is 0. The standard InChI is InChI=1S/C12H24N2O2/c1-3-4-11(13)12(15)14(2)9-10-5-7-16-8-6-10/h10-11H,3-9,13H2,1-2H3/t11-/m1/s1. The summed E-state index contributed by atoms with van der Waals surface area (Å²) in [5.74, 6) is 0.657. The number of carbonyl (C=O) groups is 1. The molecule has 1 amide bonds. The van der Waals surface area contributed by atoms with Crippen molar-refractivity contribution in [1.29, 1.82) is 0 Å². The zero-order valence-corrected chi connectivity index (χ0v) is 10.4. The van der Waals surface area contributed by atoms with E-state index in [1.54, 1.807) is 4.90 Å². The molecule has 1 rings (SSSR count). The van der Waals surface area contributed by atoms with Gasteiger partial charge in [0.2, 0.25) is 5.91 Å². The molecule has 0 spiro atoms. The number of likely N-dealkylation sites (N-methyl/N-ethyl adjacent to an activating group) is 1. The highest BCUT2D eigenvalue weighted by Crippen LogP contribution is 2.15. The molecular weight excluding hydrogens is 204 g/mol. The van der Waals surface area contributed by atoms with E-state index in [9.17, 15) is 4.79 Å². The van der Waals surface area contributed by atoms with Crippen molar-refractivity contribution in [2.75, 3.05) is 26.8 Å². The van der Waals surface area contributed by atoms with E-state index in [0.29, 0.717) is 5.92 Å². The molecule has 16 heavy (non-hydrogen) atoms.